The van der Waals surface area contributed by atoms with Gasteiger partial charge < -0.3 is 20.3 Å². The minimum atomic E-state index is -0.511. The highest BCUT2D eigenvalue weighted by Crippen LogP contribution is 2.23. The lowest BCUT2D eigenvalue weighted by molar-refractivity contribution is 0.0486. The number of likely N-dealkylation sites (tertiary alicyclic amines) is 1. The van der Waals surface area contributed by atoms with E-state index < -0.39 is 11.7 Å². The van der Waals surface area contributed by atoms with Crippen molar-refractivity contribution >= 4 is 28.6 Å². The third kappa shape index (κ3) is 5.12. The number of fused-ring (bicyclic) bond motifs is 1. The summed E-state index contributed by atoms with van der Waals surface area (Å²) in [5.41, 5.74) is 0.301. The fourth-order valence-electron chi connectivity index (χ4n) is 3.23. The maximum atomic E-state index is 12.6. The van der Waals surface area contributed by atoms with Gasteiger partial charge in [0.15, 0.2) is 0 Å². The number of urea groups is 1. The topological polar surface area (TPSA) is 70.7 Å². The average molecular weight is 369 g/mol. The van der Waals surface area contributed by atoms with Crippen LogP contribution < -0.4 is 10.6 Å². The summed E-state index contributed by atoms with van der Waals surface area (Å²) >= 11 is 0. The Morgan fingerprint density at radius 3 is 2.41 bits per heavy atom. The Hall–Kier alpha value is -2.76. The summed E-state index contributed by atoms with van der Waals surface area (Å²) in [6.45, 7) is 6.71. The Morgan fingerprint density at radius 2 is 1.70 bits per heavy atom. The van der Waals surface area contributed by atoms with E-state index in [2.05, 4.69) is 10.6 Å². The number of amides is 3. The summed E-state index contributed by atoms with van der Waals surface area (Å²) in [5, 5.41) is 8.02. The molecule has 1 heterocycles. The molecule has 2 aromatic rings. The van der Waals surface area contributed by atoms with Crippen LogP contribution in [0.25, 0.3) is 10.8 Å². The molecule has 2 N–H and O–H groups in total. The molecule has 144 valence electrons. The average Bonchev–Trinajstić information content (AvgIpc) is 2.61. The van der Waals surface area contributed by atoms with Gasteiger partial charge in [0.25, 0.3) is 0 Å². The van der Waals surface area contributed by atoms with Crippen LogP contribution >= 0.6 is 0 Å². The van der Waals surface area contributed by atoms with Gasteiger partial charge in [0, 0.05) is 24.5 Å². The first-order valence-corrected chi connectivity index (χ1v) is 9.35. The molecular weight excluding hydrogens is 342 g/mol. The van der Waals surface area contributed by atoms with Gasteiger partial charge in [-0.1, -0.05) is 36.4 Å². The molecule has 1 saturated heterocycles. The molecule has 0 radical (unpaired) electrons. The lowest BCUT2D eigenvalue weighted by atomic mass is 10.1. The van der Waals surface area contributed by atoms with Gasteiger partial charge in [-0.15, -0.1) is 0 Å². The van der Waals surface area contributed by atoms with Crippen molar-refractivity contribution in [3.63, 3.8) is 0 Å². The highest BCUT2D eigenvalue weighted by atomic mass is 16.6. The molecule has 0 unspecified atom stereocenters. The van der Waals surface area contributed by atoms with Crippen molar-refractivity contribution in [2.45, 2.75) is 45.3 Å². The van der Waals surface area contributed by atoms with E-state index in [4.69, 9.17) is 4.74 Å². The maximum Gasteiger partial charge on any atom is 0.407 e. The summed E-state index contributed by atoms with van der Waals surface area (Å²) in [5.74, 6) is 0. The zero-order chi connectivity index (χ0) is 19.4. The van der Waals surface area contributed by atoms with Crippen molar-refractivity contribution < 1.29 is 14.3 Å². The van der Waals surface area contributed by atoms with Crippen molar-refractivity contribution in [3.8, 4) is 0 Å². The first-order valence-electron chi connectivity index (χ1n) is 9.35. The van der Waals surface area contributed by atoms with Crippen molar-refractivity contribution in [1.82, 2.24) is 10.2 Å². The van der Waals surface area contributed by atoms with E-state index in [1.54, 1.807) is 4.90 Å². The molecule has 2 aromatic carbocycles. The smallest absolute Gasteiger partial charge is 0.407 e. The lowest BCUT2D eigenvalue weighted by Gasteiger charge is -2.33. The molecule has 27 heavy (non-hydrogen) atoms. The first-order chi connectivity index (χ1) is 12.8. The standard InChI is InChI=1S/C21H27N3O3/c1-21(2,3)27-20(26)22-16-11-13-24(14-12-16)19(25)23-18-10-6-8-15-7-4-5-9-17(15)18/h4-10,16H,11-14H2,1-3H3,(H,22,26)(H,23,25). The minimum Gasteiger partial charge on any atom is -0.444 e. The van der Waals surface area contributed by atoms with E-state index in [0.29, 0.717) is 25.9 Å². The number of hydrogen-bond acceptors (Lipinski definition) is 3. The van der Waals surface area contributed by atoms with Crippen molar-refractivity contribution in [2.24, 2.45) is 0 Å². The predicted octanol–water partition coefficient (Wildman–Crippen LogP) is 4.36. The van der Waals surface area contributed by atoms with Gasteiger partial charge in [-0.3, -0.25) is 0 Å². The van der Waals surface area contributed by atoms with E-state index in [1.165, 1.54) is 0 Å². The number of hydrogen-bond donors (Lipinski definition) is 2. The van der Waals surface area contributed by atoms with Crippen molar-refractivity contribution in [2.75, 3.05) is 18.4 Å². The summed E-state index contributed by atoms with van der Waals surface area (Å²) < 4.78 is 5.29. The van der Waals surface area contributed by atoms with Crippen LogP contribution in [0.4, 0.5) is 15.3 Å². The summed E-state index contributed by atoms with van der Waals surface area (Å²) in [7, 11) is 0. The molecule has 3 rings (SSSR count). The van der Waals surface area contributed by atoms with Crippen LogP contribution in [0.5, 0.6) is 0 Å². The second-order valence-electron chi connectivity index (χ2n) is 7.86. The zero-order valence-electron chi connectivity index (χ0n) is 16.1. The normalized spacial score (nSPS) is 15.4. The van der Waals surface area contributed by atoms with Gasteiger partial charge in [0.05, 0.1) is 5.69 Å². The molecule has 3 amide bonds. The van der Waals surface area contributed by atoms with Crippen LogP contribution in [-0.2, 0) is 4.74 Å². The van der Waals surface area contributed by atoms with E-state index in [0.717, 1.165) is 16.5 Å². The molecule has 6 heteroatoms. The quantitative estimate of drug-likeness (QED) is 0.826. The van der Waals surface area contributed by atoms with E-state index in [-0.39, 0.29) is 12.1 Å². The SMILES string of the molecule is CC(C)(C)OC(=O)NC1CCN(C(=O)Nc2cccc3ccccc23)CC1. The van der Waals surface area contributed by atoms with Crippen LogP contribution in [-0.4, -0.2) is 41.8 Å². The molecule has 1 aliphatic rings. The lowest BCUT2D eigenvalue weighted by Crippen LogP contribution is -2.48. The van der Waals surface area contributed by atoms with Gasteiger partial charge >= 0.3 is 12.1 Å². The van der Waals surface area contributed by atoms with Crippen molar-refractivity contribution in [3.05, 3.63) is 42.5 Å². The first kappa shape index (κ1) is 19.0. The van der Waals surface area contributed by atoms with Gasteiger partial charge in [0.2, 0.25) is 0 Å². The number of carbonyl (C=O) groups is 2. The second kappa shape index (κ2) is 7.86. The summed E-state index contributed by atoms with van der Waals surface area (Å²) in [6, 6.07) is 13.8. The van der Waals surface area contributed by atoms with Crippen molar-refractivity contribution in [1.29, 1.82) is 0 Å². The number of anilines is 1. The fourth-order valence-corrected chi connectivity index (χ4v) is 3.23. The largest absolute Gasteiger partial charge is 0.444 e. The molecule has 1 fully saturated rings. The van der Waals surface area contributed by atoms with E-state index in [9.17, 15) is 9.59 Å². The number of nitrogens with zero attached hydrogens (tertiary/aromatic N) is 1. The van der Waals surface area contributed by atoms with Crippen LogP contribution in [0.15, 0.2) is 42.5 Å². The molecule has 0 aliphatic carbocycles. The van der Waals surface area contributed by atoms with Gasteiger partial charge in [-0.2, -0.15) is 0 Å². The highest BCUT2D eigenvalue weighted by Gasteiger charge is 2.26. The van der Waals surface area contributed by atoms with E-state index >= 15 is 0 Å². The van der Waals surface area contributed by atoms with Gasteiger partial charge in [-0.25, -0.2) is 9.59 Å². The Bertz CT molecular complexity index is 816. The maximum absolute atomic E-state index is 12.6. The fraction of sp³-hybridized carbons (Fsp3) is 0.429. The molecule has 0 spiro atoms. The van der Waals surface area contributed by atoms with Crippen LogP contribution in [0.3, 0.4) is 0 Å². The van der Waals surface area contributed by atoms with Crippen LogP contribution in [0.2, 0.25) is 0 Å². The second-order valence-corrected chi connectivity index (χ2v) is 7.86. The number of alkyl carbamates (subject to hydrolysis) is 1. The van der Waals surface area contributed by atoms with E-state index in [1.807, 2.05) is 63.2 Å². The monoisotopic (exact) mass is 369 g/mol. The summed E-state index contributed by atoms with van der Waals surface area (Å²) in [6.07, 6.45) is 1.02. The third-order valence-corrected chi connectivity index (χ3v) is 4.53. The number of ether oxygens (including phenoxy) is 1. The zero-order valence-corrected chi connectivity index (χ0v) is 16.1. The number of benzene rings is 2. The molecule has 6 nitrogen and oxygen atoms in total. The van der Waals surface area contributed by atoms with Crippen LogP contribution in [0.1, 0.15) is 33.6 Å². The van der Waals surface area contributed by atoms with Crippen LogP contribution in [0, 0.1) is 0 Å². The number of piperidine rings is 1. The Balaban J connectivity index is 1.53. The van der Waals surface area contributed by atoms with Gasteiger partial charge in [-0.05, 0) is 45.1 Å². The molecule has 1 aliphatic heterocycles. The number of nitrogens with one attached hydrogen (secondary N) is 2. The summed E-state index contributed by atoms with van der Waals surface area (Å²) in [4.78, 5) is 26.3. The molecule has 0 aromatic heterocycles. The predicted molar refractivity (Wildman–Crippen MR) is 107 cm³/mol. The Kier molecular flexibility index (Phi) is 5.54. The minimum absolute atomic E-state index is 0.0291. The molecular formula is C21H27N3O3. The number of carbonyl (C=O) groups excluding carboxylic acids is 2. The van der Waals surface area contributed by atoms with Gasteiger partial charge in [0.1, 0.15) is 5.60 Å². The molecule has 0 bridgehead atoms. The highest BCUT2D eigenvalue weighted by molar-refractivity contribution is 6.01. The Labute approximate surface area is 159 Å². The number of rotatable bonds is 2. The molecule has 0 saturated carbocycles. The third-order valence-electron chi connectivity index (χ3n) is 4.53. The Morgan fingerprint density at radius 1 is 1.04 bits per heavy atom. The molecule has 0 atom stereocenters.